The predicted octanol–water partition coefficient (Wildman–Crippen LogP) is 6.58. The van der Waals surface area contributed by atoms with Gasteiger partial charge in [0.05, 0.1) is 16.5 Å². The number of thioether (sulfide) groups is 1. The second kappa shape index (κ2) is 11.6. The third kappa shape index (κ3) is 6.74. The van der Waals surface area contributed by atoms with Gasteiger partial charge in [0.25, 0.3) is 0 Å². The van der Waals surface area contributed by atoms with Gasteiger partial charge >= 0.3 is 0 Å². The van der Waals surface area contributed by atoms with Crippen LogP contribution in [0.15, 0.2) is 53.7 Å². The molecular weight excluding hydrogens is 456 g/mol. The monoisotopic (exact) mass is 486 g/mol. The molecule has 1 unspecified atom stereocenters. The lowest BCUT2D eigenvalue weighted by atomic mass is 10.0. The maximum absolute atomic E-state index is 12.5. The number of aromatic nitrogens is 3. The maximum atomic E-state index is 12.5. The van der Waals surface area contributed by atoms with Gasteiger partial charge in [0, 0.05) is 6.54 Å². The molecule has 1 heterocycles. The standard InChI is InChI=1S/C25H31ClN4O2S/c1-16(2)14-30-24(18(5)32-22-13-9-6-10-19(22)17(3)4)28-29-25(30)33-15-23(31)27-21-12-8-7-11-20(21)26/h6-13,16-18H,14-15H2,1-5H3,(H,27,31). The van der Waals surface area contributed by atoms with E-state index >= 15 is 0 Å². The van der Waals surface area contributed by atoms with Crippen LogP contribution in [0, 0.1) is 5.92 Å². The number of para-hydroxylation sites is 2. The average molecular weight is 487 g/mol. The number of anilines is 1. The fraction of sp³-hybridized carbons (Fsp3) is 0.400. The van der Waals surface area contributed by atoms with Gasteiger partial charge in [0.15, 0.2) is 17.1 Å². The molecule has 1 aromatic heterocycles. The van der Waals surface area contributed by atoms with Gasteiger partial charge in [-0.1, -0.05) is 81.4 Å². The van der Waals surface area contributed by atoms with E-state index in [-0.39, 0.29) is 17.8 Å². The summed E-state index contributed by atoms with van der Waals surface area (Å²) in [6.45, 7) is 11.3. The Balaban J connectivity index is 1.74. The highest BCUT2D eigenvalue weighted by Crippen LogP contribution is 2.31. The number of ether oxygens (including phenoxy) is 1. The van der Waals surface area contributed by atoms with Crippen LogP contribution in [-0.4, -0.2) is 26.4 Å². The van der Waals surface area contributed by atoms with Crippen LogP contribution < -0.4 is 10.1 Å². The molecule has 1 atom stereocenters. The summed E-state index contributed by atoms with van der Waals surface area (Å²) in [5.74, 6) is 2.39. The number of halogens is 1. The van der Waals surface area contributed by atoms with Gasteiger partial charge in [-0.2, -0.15) is 0 Å². The smallest absolute Gasteiger partial charge is 0.234 e. The van der Waals surface area contributed by atoms with Crippen LogP contribution in [0.3, 0.4) is 0 Å². The van der Waals surface area contributed by atoms with E-state index in [0.29, 0.717) is 27.7 Å². The Morgan fingerprint density at radius 2 is 1.76 bits per heavy atom. The summed E-state index contributed by atoms with van der Waals surface area (Å²) in [4.78, 5) is 12.5. The van der Waals surface area contributed by atoms with Crippen molar-refractivity contribution in [2.45, 2.75) is 58.3 Å². The Labute approximate surface area is 205 Å². The minimum atomic E-state index is -0.289. The van der Waals surface area contributed by atoms with Crippen molar-refractivity contribution in [3.8, 4) is 5.75 Å². The van der Waals surface area contributed by atoms with Gasteiger partial charge < -0.3 is 14.6 Å². The first-order chi connectivity index (χ1) is 15.8. The zero-order valence-corrected chi connectivity index (χ0v) is 21.3. The van der Waals surface area contributed by atoms with E-state index in [4.69, 9.17) is 16.3 Å². The van der Waals surface area contributed by atoms with Crippen molar-refractivity contribution in [3.63, 3.8) is 0 Å². The van der Waals surface area contributed by atoms with Crippen LogP contribution >= 0.6 is 23.4 Å². The van der Waals surface area contributed by atoms with E-state index in [0.717, 1.165) is 23.7 Å². The summed E-state index contributed by atoms with van der Waals surface area (Å²) in [6.07, 6.45) is -0.289. The largest absolute Gasteiger partial charge is 0.482 e. The number of carbonyl (C=O) groups excluding carboxylic acids is 1. The number of carbonyl (C=O) groups is 1. The van der Waals surface area contributed by atoms with E-state index in [1.54, 1.807) is 12.1 Å². The minimum absolute atomic E-state index is 0.149. The fourth-order valence-electron chi connectivity index (χ4n) is 3.43. The fourth-order valence-corrected chi connectivity index (χ4v) is 4.37. The average Bonchev–Trinajstić information content (AvgIpc) is 3.16. The highest BCUT2D eigenvalue weighted by Gasteiger charge is 2.22. The Morgan fingerprint density at radius 3 is 2.45 bits per heavy atom. The molecule has 3 rings (SSSR count). The van der Waals surface area contributed by atoms with Gasteiger partial charge in [-0.3, -0.25) is 4.79 Å². The molecule has 0 aliphatic rings. The summed E-state index contributed by atoms with van der Waals surface area (Å²) in [6, 6.07) is 15.3. The molecule has 176 valence electrons. The van der Waals surface area contributed by atoms with Crippen molar-refractivity contribution in [2.24, 2.45) is 5.92 Å². The SMILES string of the molecule is CC(C)Cn1c(SCC(=O)Nc2ccccc2Cl)nnc1C(C)Oc1ccccc1C(C)C. The van der Waals surface area contributed by atoms with Crippen LogP contribution in [-0.2, 0) is 11.3 Å². The summed E-state index contributed by atoms with van der Waals surface area (Å²) < 4.78 is 8.38. The molecule has 33 heavy (non-hydrogen) atoms. The molecule has 0 spiro atoms. The van der Waals surface area contributed by atoms with E-state index in [9.17, 15) is 4.79 Å². The summed E-state index contributed by atoms with van der Waals surface area (Å²) in [7, 11) is 0. The molecule has 1 amide bonds. The van der Waals surface area contributed by atoms with Crippen LogP contribution in [0.1, 0.15) is 58.0 Å². The first kappa shape index (κ1) is 25.1. The van der Waals surface area contributed by atoms with Gasteiger partial charge in [-0.15, -0.1) is 10.2 Å². The van der Waals surface area contributed by atoms with Gasteiger partial charge in [-0.05, 0) is 42.5 Å². The third-order valence-corrected chi connectivity index (χ3v) is 6.28. The number of nitrogens with one attached hydrogen (secondary N) is 1. The zero-order valence-electron chi connectivity index (χ0n) is 19.7. The van der Waals surface area contributed by atoms with Crippen molar-refractivity contribution in [1.82, 2.24) is 14.8 Å². The molecule has 0 aliphatic heterocycles. The first-order valence-corrected chi connectivity index (χ1v) is 12.5. The van der Waals surface area contributed by atoms with E-state index in [1.807, 2.05) is 37.3 Å². The third-order valence-electron chi connectivity index (χ3n) is 4.98. The highest BCUT2D eigenvalue weighted by molar-refractivity contribution is 7.99. The minimum Gasteiger partial charge on any atom is -0.482 e. The van der Waals surface area contributed by atoms with Gasteiger partial charge in [0.2, 0.25) is 5.91 Å². The Kier molecular flexibility index (Phi) is 8.80. The quantitative estimate of drug-likeness (QED) is 0.328. The molecule has 0 aliphatic carbocycles. The zero-order chi connectivity index (χ0) is 24.0. The highest BCUT2D eigenvalue weighted by atomic mass is 35.5. The van der Waals surface area contributed by atoms with Crippen LogP contribution in [0.5, 0.6) is 5.75 Å². The lowest BCUT2D eigenvalue weighted by Gasteiger charge is -2.20. The topological polar surface area (TPSA) is 69.0 Å². The van der Waals surface area contributed by atoms with E-state index in [2.05, 4.69) is 53.8 Å². The Morgan fingerprint density at radius 1 is 1.06 bits per heavy atom. The first-order valence-electron chi connectivity index (χ1n) is 11.1. The van der Waals surface area contributed by atoms with Crippen molar-refractivity contribution >= 4 is 35.0 Å². The molecule has 8 heteroatoms. The molecule has 2 aromatic carbocycles. The van der Waals surface area contributed by atoms with Crippen molar-refractivity contribution < 1.29 is 9.53 Å². The normalized spacial score (nSPS) is 12.2. The molecule has 6 nitrogen and oxygen atoms in total. The molecular formula is C25H31ClN4O2S. The number of hydrogen-bond acceptors (Lipinski definition) is 5. The van der Waals surface area contributed by atoms with Crippen molar-refractivity contribution in [1.29, 1.82) is 0 Å². The molecule has 0 bridgehead atoms. The van der Waals surface area contributed by atoms with Crippen molar-refractivity contribution in [2.75, 3.05) is 11.1 Å². The second-order valence-electron chi connectivity index (χ2n) is 8.61. The lowest BCUT2D eigenvalue weighted by Crippen LogP contribution is -2.17. The summed E-state index contributed by atoms with van der Waals surface area (Å²) >= 11 is 7.49. The number of nitrogens with zero attached hydrogens (tertiary/aromatic N) is 3. The second-order valence-corrected chi connectivity index (χ2v) is 9.96. The Hall–Kier alpha value is -2.51. The molecule has 1 N–H and O–H groups in total. The van der Waals surface area contributed by atoms with E-state index < -0.39 is 0 Å². The number of rotatable bonds is 10. The lowest BCUT2D eigenvalue weighted by molar-refractivity contribution is -0.113. The molecule has 0 fully saturated rings. The molecule has 0 radical (unpaired) electrons. The molecule has 3 aromatic rings. The maximum Gasteiger partial charge on any atom is 0.234 e. The number of hydrogen-bond donors (Lipinski definition) is 1. The number of benzene rings is 2. The number of amides is 1. The van der Waals surface area contributed by atoms with Crippen LogP contribution in [0.2, 0.25) is 5.02 Å². The Bertz CT molecular complexity index is 1080. The predicted molar refractivity (Wildman–Crippen MR) is 135 cm³/mol. The summed E-state index contributed by atoms with van der Waals surface area (Å²) in [5, 5.41) is 12.9. The van der Waals surface area contributed by atoms with Crippen LogP contribution in [0.25, 0.3) is 0 Å². The van der Waals surface area contributed by atoms with Crippen LogP contribution in [0.4, 0.5) is 5.69 Å². The van der Waals surface area contributed by atoms with Gasteiger partial charge in [-0.25, -0.2) is 0 Å². The van der Waals surface area contributed by atoms with Crippen molar-refractivity contribution in [3.05, 3.63) is 64.9 Å². The molecule has 0 saturated carbocycles. The molecule has 0 saturated heterocycles. The summed E-state index contributed by atoms with van der Waals surface area (Å²) in [5.41, 5.74) is 1.75. The van der Waals surface area contributed by atoms with Gasteiger partial charge in [0.1, 0.15) is 5.75 Å². The van der Waals surface area contributed by atoms with E-state index in [1.165, 1.54) is 11.8 Å².